The van der Waals surface area contributed by atoms with Crippen LogP contribution in [0.1, 0.15) is 46.5 Å². The highest BCUT2D eigenvalue weighted by atomic mass is 16.2. The van der Waals surface area contributed by atoms with E-state index in [9.17, 15) is 9.59 Å². The SMILES string of the molecule is CCNC(=O)NC(=O)C(C)N1CCCCC1CC. The molecule has 0 aromatic heterocycles. The van der Waals surface area contributed by atoms with Gasteiger partial charge in [-0.25, -0.2) is 4.79 Å². The molecule has 1 saturated heterocycles. The molecule has 0 aromatic carbocycles. The fourth-order valence-electron chi connectivity index (χ4n) is 2.54. The van der Waals surface area contributed by atoms with Gasteiger partial charge in [-0.1, -0.05) is 13.3 Å². The van der Waals surface area contributed by atoms with Crippen LogP contribution in [-0.4, -0.2) is 42.0 Å². The molecule has 18 heavy (non-hydrogen) atoms. The number of rotatable bonds is 4. The first-order chi connectivity index (χ1) is 8.60. The van der Waals surface area contributed by atoms with E-state index in [-0.39, 0.29) is 11.9 Å². The molecule has 0 bridgehead atoms. The number of hydrogen-bond donors (Lipinski definition) is 2. The summed E-state index contributed by atoms with van der Waals surface area (Å²) in [6, 6.07) is -0.175. The predicted octanol–water partition coefficient (Wildman–Crippen LogP) is 1.49. The summed E-state index contributed by atoms with van der Waals surface area (Å²) in [7, 11) is 0. The second kappa shape index (κ2) is 7.36. The molecule has 2 unspecified atom stereocenters. The number of carbonyl (C=O) groups excluding carboxylic acids is 2. The van der Waals surface area contributed by atoms with E-state index < -0.39 is 6.03 Å². The summed E-state index contributed by atoms with van der Waals surface area (Å²) in [6.45, 7) is 7.32. The summed E-state index contributed by atoms with van der Waals surface area (Å²) >= 11 is 0. The van der Waals surface area contributed by atoms with E-state index in [2.05, 4.69) is 22.5 Å². The van der Waals surface area contributed by atoms with Gasteiger partial charge in [0.2, 0.25) is 5.91 Å². The van der Waals surface area contributed by atoms with Gasteiger partial charge in [-0.3, -0.25) is 15.0 Å². The molecule has 0 spiro atoms. The fraction of sp³-hybridized carbons (Fsp3) is 0.846. The fourth-order valence-corrected chi connectivity index (χ4v) is 2.54. The van der Waals surface area contributed by atoms with Crippen LogP contribution in [-0.2, 0) is 4.79 Å². The van der Waals surface area contributed by atoms with Crippen LogP contribution >= 0.6 is 0 Å². The highest BCUT2D eigenvalue weighted by Gasteiger charge is 2.29. The van der Waals surface area contributed by atoms with Crippen LogP contribution in [0.4, 0.5) is 4.79 Å². The highest BCUT2D eigenvalue weighted by Crippen LogP contribution is 2.21. The number of amides is 3. The molecule has 1 rings (SSSR count). The van der Waals surface area contributed by atoms with E-state index >= 15 is 0 Å². The average Bonchev–Trinajstić information content (AvgIpc) is 2.38. The Kier molecular flexibility index (Phi) is 6.12. The maximum Gasteiger partial charge on any atom is 0.321 e. The third-order valence-corrected chi connectivity index (χ3v) is 3.59. The molecular weight excluding hydrogens is 230 g/mol. The summed E-state index contributed by atoms with van der Waals surface area (Å²) in [6.07, 6.45) is 4.57. The van der Waals surface area contributed by atoms with Crippen molar-refractivity contribution in [2.45, 2.75) is 58.5 Å². The molecule has 2 atom stereocenters. The molecular formula is C13H25N3O2. The number of carbonyl (C=O) groups is 2. The molecule has 5 heteroatoms. The highest BCUT2D eigenvalue weighted by molar-refractivity contribution is 5.96. The molecule has 104 valence electrons. The van der Waals surface area contributed by atoms with Gasteiger partial charge < -0.3 is 5.32 Å². The van der Waals surface area contributed by atoms with Gasteiger partial charge in [0.15, 0.2) is 0 Å². The van der Waals surface area contributed by atoms with Crippen LogP contribution in [0.5, 0.6) is 0 Å². The van der Waals surface area contributed by atoms with Crippen molar-refractivity contribution in [2.75, 3.05) is 13.1 Å². The van der Waals surface area contributed by atoms with E-state index in [1.54, 1.807) is 0 Å². The molecule has 5 nitrogen and oxygen atoms in total. The van der Waals surface area contributed by atoms with Gasteiger partial charge in [0.25, 0.3) is 0 Å². The summed E-state index contributed by atoms with van der Waals surface area (Å²) in [4.78, 5) is 25.5. The largest absolute Gasteiger partial charge is 0.338 e. The van der Waals surface area contributed by atoms with Crippen LogP contribution in [0, 0.1) is 0 Å². The lowest BCUT2D eigenvalue weighted by Crippen LogP contribution is -2.53. The van der Waals surface area contributed by atoms with Gasteiger partial charge in [0.1, 0.15) is 0 Å². The number of piperidine rings is 1. The number of nitrogens with zero attached hydrogens (tertiary/aromatic N) is 1. The summed E-state index contributed by atoms with van der Waals surface area (Å²) in [5, 5.41) is 4.96. The Morgan fingerprint density at radius 1 is 1.33 bits per heavy atom. The lowest BCUT2D eigenvalue weighted by molar-refractivity contribution is -0.126. The first kappa shape index (κ1) is 15.0. The molecule has 2 N–H and O–H groups in total. The third-order valence-electron chi connectivity index (χ3n) is 3.59. The zero-order valence-electron chi connectivity index (χ0n) is 11.7. The van der Waals surface area contributed by atoms with Crippen molar-refractivity contribution in [3.05, 3.63) is 0 Å². The number of nitrogens with one attached hydrogen (secondary N) is 2. The summed E-state index contributed by atoms with van der Waals surface area (Å²) < 4.78 is 0. The van der Waals surface area contributed by atoms with Gasteiger partial charge in [0.05, 0.1) is 6.04 Å². The summed E-state index contributed by atoms with van der Waals surface area (Å²) in [5.41, 5.74) is 0. The van der Waals surface area contributed by atoms with E-state index in [0.29, 0.717) is 12.6 Å². The van der Waals surface area contributed by atoms with Gasteiger partial charge >= 0.3 is 6.03 Å². The number of likely N-dealkylation sites (tertiary alicyclic amines) is 1. The molecule has 0 radical (unpaired) electrons. The minimum Gasteiger partial charge on any atom is -0.338 e. The van der Waals surface area contributed by atoms with Crippen molar-refractivity contribution in [3.8, 4) is 0 Å². The lowest BCUT2D eigenvalue weighted by Gasteiger charge is -2.38. The Bertz CT molecular complexity index is 294. The predicted molar refractivity (Wildman–Crippen MR) is 71.3 cm³/mol. The van der Waals surface area contributed by atoms with Gasteiger partial charge in [0, 0.05) is 12.6 Å². The number of imide groups is 1. The maximum atomic E-state index is 12.0. The number of urea groups is 1. The van der Waals surface area contributed by atoms with Crippen molar-refractivity contribution in [2.24, 2.45) is 0 Å². The molecule has 3 amide bonds. The van der Waals surface area contributed by atoms with Crippen LogP contribution in [0.2, 0.25) is 0 Å². The lowest BCUT2D eigenvalue weighted by atomic mass is 9.98. The molecule has 0 aromatic rings. The first-order valence-electron chi connectivity index (χ1n) is 6.94. The van der Waals surface area contributed by atoms with Gasteiger partial charge in [-0.2, -0.15) is 0 Å². The van der Waals surface area contributed by atoms with Gasteiger partial charge in [-0.05, 0) is 39.7 Å². The molecule has 1 aliphatic heterocycles. The minimum absolute atomic E-state index is 0.207. The molecule has 1 fully saturated rings. The molecule has 0 saturated carbocycles. The third kappa shape index (κ3) is 3.98. The zero-order valence-corrected chi connectivity index (χ0v) is 11.7. The van der Waals surface area contributed by atoms with E-state index in [0.717, 1.165) is 25.8 Å². The standard InChI is InChI=1S/C13H25N3O2/c1-4-11-8-6-7-9-16(11)10(3)12(17)15-13(18)14-5-2/h10-11H,4-9H2,1-3H3,(H2,14,15,17,18). The average molecular weight is 255 g/mol. The summed E-state index contributed by atoms with van der Waals surface area (Å²) in [5.74, 6) is -0.207. The minimum atomic E-state index is -0.403. The Labute approximate surface area is 109 Å². The first-order valence-corrected chi connectivity index (χ1v) is 6.94. The van der Waals surface area contributed by atoms with Crippen molar-refractivity contribution in [1.29, 1.82) is 0 Å². The Hall–Kier alpha value is -1.10. The second-order valence-corrected chi connectivity index (χ2v) is 4.82. The number of hydrogen-bond acceptors (Lipinski definition) is 3. The molecule has 1 heterocycles. The molecule has 0 aliphatic carbocycles. The van der Waals surface area contributed by atoms with Crippen LogP contribution in [0.3, 0.4) is 0 Å². The van der Waals surface area contributed by atoms with Crippen LogP contribution in [0.15, 0.2) is 0 Å². The Balaban J connectivity index is 2.53. The normalized spacial score (nSPS) is 22.3. The Morgan fingerprint density at radius 2 is 2.06 bits per heavy atom. The van der Waals surface area contributed by atoms with Crippen LogP contribution < -0.4 is 10.6 Å². The zero-order chi connectivity index (χ0) is 13.5. The maximum absolute atomic E-state index is 12.0. The smallest absolute Gasteiger partial charge is 0.321 e. The van der Waals surface area contributed by atoms with E-state index in [1.807, 2.05) is 13.8 Å². The Morgan fingerprint density at radius 3 is 2.67 bits per heavy atom. The molecule has 1 aliphatic rings. The van der Waals surface area contributed by atoms with Gasteiger partial charge in [-0.15, -0.1) is 0 Å². The van der Waals surface area contributed by atoms with Crippen LogP contribution in [0.25, 0.3) is 0 Å². The second-order valence-electron chi connectivity index (χ2n) is 4.82. The van der Waals surface area contributed by atoms with E-state index in [4.69, 9.17) is 0 Å². The van der Waals surface area contributed by atoms with E-state index in [1.165, 1.54) is 6.42 Å². The van der Waals surface area contributed by atoms with Crippen molar-refractivity contribution < 1.29 is 9.59 Å². The quantitative estimate of drug-likeness (QED) is 0.800. The van der Waals surface area contributed by atoms with Crippen molar-refractivity contribution in [1.82, 2.24) is 15.5 Å². The van der Waals surface area contributed by atoms with Crippen molar-refractivity contribution in [3.63, 3.8) is 0 Å². The monoisotopic (exact) mass is 255 g/mol. The van der Waals surface area contributed by atoms with Crippen molar-refractivity contribution >= 4 is 11.9 Å². The topological polar surface area (TPSA) is 61.4 Å².